The SMILES string of the molecule is CN(C)c1ccc(C(=O)N[C@@H]2CCCC[C@H]2O)cc1. The van der Waals surface area contributed by atoms with Crippen molar-refractivity contribution in [2.75, 3.05) is 19.0 Å². The topological polar surface area (TPSA) is 52.6 Å². The first-order chi connectivity index (χ1) is 9.08. The first-order valence-electron chi connectivity index (χ1n) is 6.84. The van der Waals surface area contributed by atoms with Gasteiger partial charge in [0.15, 0.2) is 0 Å². The van der Waals surface area contributed by atoms with Crippen molar-refractivity contribution in [2.45, 2.75) is 37.8 Å². The predicted molar refractivity (Wildman–Crippen MR) is 76.5 cm³/mol. The maximum absolute atomic E-state index is 12.1. The summed E-state index contributed by atoms with van der Waals surface area (Å²) in [7, 11) is 3.93. The third kappa shape index (κ3) is 3.47. The quantitative estimate of drug-likeness (QED) is 0.873. The number of hydrogen-bond acceptors (Lipinski definition) is 3. The maximum Gasteiger partial charge on any atom is 0.251 e. The van der Waals surface area contributed by atoms with Gasteiger partial charge in [-0.3, -0.25) is 4.79 Å². The van der Waals surface area contributed by atoms with E-state index in [0.29, 0.717) is 5.56 Å². The Morgan fingerprint density at radius 3 is 2.42 bits per heavy atom. The molecule has 0 aliphatic heterocycles. The molecule has 104 valence electrons. The van der Waals surface area contributed by atoms with Crippen LogP contribution in [0.25, 0.3) is 0 Å². The smallest absolute Gasteiger partial charge is 0.251 e. The van der Waals surface area contributed by atoms with Crippen LogP contribution in [0.3, 0.4) is 0 Å². The van der Waals surface area contributed by atoms with Gasteiger partial charge in [-0.1, -0.05) is 12.8 Å². The number of benzene rings is 1. The van der Waals surface area contributed by atoms with Gasteiger partial charge in [-0.15, -0.1) is 0 Å². The number of hydrogen-bond donors (Lipinski definition) is 2. The number of carbonyl (C=O) groups excluding carboxylic acids is 1. The normalized spacial score (nSPS) is 22.9. The molecule has 4 nitrogen and oxygen atoms in total. The molecular formula is C15H22N2O2. The van der Waals surface area contributed by atoms with Crippen LogP contribution in [0.5, 0.6) is 0 Å². The highest BCUT2D eigenvalue weighted by Crippen LogP contribution is 2.19. The molecule has 0 radical (unpaired) electrons. The number of aliphatic hydroxyl groups excluding tert-OH is 1. The Kier molecular flexibility index (Phi) is 4.43. The summed E-state index contributed by atoms with van der Waals surface area (Å²) in [4.78, 5) is 14.1. The number of nitrogens with zero attached hydrogens (tertiary/aromatic N) is 1. The fourth-order valence-corrected chi connectivity index (χ4v) is 2.44. The van der Waals surface area contributed by atoms with E-state index in [9.17, 15) is 9.90 Å². The molecule has 0 heterocycles. The van der Waals surface area contributed by atoms with Crippen LogP contribution < -0.4 is 10.2 Å². The Balaban J connectivity index is 1.99. The van der Waals surface area contributed by atoms with Gasteiger partial charge in [0, 0.05) is 25.3 Å². The Morgan fingerprint density at radius 1 is 1.21 bits per heavy atom. The van der Waals surface area contributed by atoms with Crippen LogP contribution in [-0.4, -0.2) is 37.3 Å². The van der Waals surface area contributed by atoms with E-state index in [0.717, 1.165) is 31.4 Å². The van der Waals surface area contributed by atoms with E-state index in [4.69, 9.17) is 0 Å². The summed E-state index contributed by atoms with van der Waals surface area (Å²) in [6, 6.07) is 7.38. The van der Waals surface area contributed by atoms with Crippen LogP contribution in [0.1, 0.15) is 36.0 Å². The zero-order valence-electron chi connectivity index (χ0n) is 11.6. The van der Waals surface area contributed by atoms with Gasteiger partial charge in [0.1, 0.15) is 0 Å². The molecule has 1 amide bonds. The molecule has 0 bridgehead atoms. The van der Waals surface area contributed by atoms with E-state index < -0.39 is 6.10 Å². The second kappa shape index (κ2) is 6.06. The van der Waals surface area contributed by atoms with Crippen molar-refractivity contribution < 1.29 is 9.90 Å². The lowest BCUT2D eigenvalue weighted by Crippen LogP contribution is -2.45. The van der Waals surface area contributed by atoms with Crippen LogP contribution in [0.15, 0.2) is 24.3 Å². The van der Waals surface area contributed by atoms with Gasteiger partial charge in [-0.25, -0.2) is 0 Å². The van der Waals surface area contributed by atoms with Crippen LogP contribution in [-0.2, 0) is 0 Å². The first kappa shape index (κ1) is 13.9. The fourth-order valence-electron chi connectivity index (χ4n) is 2.44. The molecule has 19 heavy (non-hydrogen) atoms. The number of anilines is 1. The zero-order chi connectivity index (χ0) is 13.8. The minimum Gasteiger partial charge on any atom is -0.391 e. The Morgan fingerprint density at radius 2 is 1.84 bits per heavy atom. The average molecular weight is 262 g/mol. The van der Waals surface area contributed by atoms with E-state index in [-0.39, 0.29) is 11.9 Å². The Hall–Kier alpha value is -1.55. The van der Waals surface area contributed by atoms with Crippen LogP contribution >= 0.6 is 0 Å². The molecule has 0 saturated heterocycles. The summed E-state index contributed by atoms with van der Waals surface area (Å²) in [5, 5.41) is 12.8. The molecule has 2 atom stereocenters. The summed E-state index contributed by atoms with van der Waals surface area (Å²) in [6.07, 6.45) is 3.36. The van der Waals surface area contributed by atoms with Crippen molar-refractivity contribution >= 4 is 11.6 Å². The lowest BCUT2D eigenvalue weighted by Gasteiger charge is -2.28. The van der Waals surface area contributed by atoms with Gasteiger partial charge >= 0.3 is 0 Å². The molecule has 1 aromatic rings. The van der Waals surface area contributed by atoms with Gasteiger partial charge in [-0.2, -0.15) is 0 Å². The van der Waals surface area contributed by atoms with Crippen molar-refractivity contribution in [3.63, 3.8) is 0 Å². The van der Waals surface area contributed by atoms with Crippen molar-refractivity contribution in [3.05, 3.63) is 29.8 Å². The Labute approximate surface area is 114 Å². The van der Waals surface area contributed by atoms with E-state index >= 15 is 0 Å². The molecule has 0 spiro atoms. The zero-order valence-corrected chi connectivity index (χ0v) is 11.6. The Bertz CT molecular complexity index is 428. The van der Waals surface area contributed by atoms with Crippen LogP contribution in [0, 0.1) is 0 Å². The van der Waals surface area contributed by atoms with E-state index in [2.05, 4.69) is 5.32 Å². The molecule has 1 aliphatic carbocycles. The largest absolute Gasteiger partial charge is 0.391 e. The highest BCUT2D eigenvalue weighted by atomic mass is 16.3. The summed E-state index contributed by atoms with van der Waals surface area (Å²) >= 11 is 0. The predicted octanol–water partition coefficient (Wildman–Crippen LogP) is 1.79. The highest BCUT2D eigenvalue weighted by Gasteiger charge is 2.24. The van der Waals surface area contributed by atoms with Crippen LogP contribution in [0.4, 0.5) is 5.69 Å². The molecule has 1 aromatic carbocycles. The number of aliphatic hydroxyl groups is 1. The summed E-state index contributed by atoms with van der Waals surface area (Å²) in [5.74, 6) is -0.101. The van der Waals surface area contributed by atoms with Gasteiger partial charge in [0.25, 0.3) is 5.91 Å². The van der Waals surface area contributed by atoms with Crippen molar-refractivity contribution in [3.8, 4) is 0 Å². The fraction of sp³-hybridized carbons (Fsp3) is 0.533. The van der Waals surface area contributed by atoms with Crippen molar-refractivity contribution in [1.29, 1.82) is 0 Å². The molecule has 0 aromatic heterocycles. The van der Waals surface area contributed by atoms with Gasteiger partial charge < -0.3 is 15.3 Å². The molecule has 1 saturated carbocycles. The monoisotopic (exact) mass is 262 g/mol. The second-order valence-electron chi connectivity index (χ2n) is 5.37. The number of carbonyl (C=O) groups is 1. The first-order valence-corrected chi connectivity index (χ1v) is 6.84. The summed E-state index contributed by atoms with van der Waals surface area (Å²) in [5.41, 5.74) is 1.71. The van der Waals surface area contributed by atoms with Crippen LogP contribution in [0.2, 0.25) is 0 Å². The summed E-state index contributed by atoms with van der Waals surface area (Å²) < 4.78 is 0. The third-order valence-electron chi connectivity index (χ3n) is 3.69. The minimum atomic E-state index is -0.404. The second-order valence-corrected chi connectivity index (χ2v) is 5.37. The van der Waals surface area contributed by atoms with E-state index in [1.54, 1.807) is 0 Å². The maximum atomic E-state index is 12.1. The molecule has 2 rings (SSSR count). The lowest BCUT2D eigenvalue weighted by atomic mass is 9.92. The molecule has 1 aliphatic rings. The standard InChI is InChI=1S/C15H22N2O2/c1-17(2)12-9-7-11(8-10-12)15(19)16-13-5-3-4-6-14(13)18/h7-10,13-14,18H,3-6H2,1-2H3,(H,16,19)/t13-,14-/m1/s1. The molecule has 2 N–H and O–H groups in total. The number of nitrogens with one attached hydrogen (secondary N) is 1. The van der Waals surface area contributed by atoms with Gasteiger partial charge in [0.05, 0.1) is 12.1 Å². The number of rotatable bonds is 3. The molecule has 0 unspecified atom stereocenters. The van der Waals surface area contributed by atoms with E-state index in [1.165, 1.54) is 0 Å². The van der Waals surface area contributed by atoms with Gasteiger partial charge in [-0.05, 0) is 37.1 Å². The van der Waals surface area contributed by atoms with E-state index in [1.807, 2.05) is 43.3 Å². The minimum absolute atomic E-state index is 0.101. The third-order valence-corrected chi connectivity index (χ3v) is 3.69. The molecule has 1 fully saturated rings. The van der Waals surface area contributed by atoms with Gasteiger partial charge in [0.2, 0.25) is 0 Å². The van der Waals surface area contributed by atoms with Crippen molar-refractivity contribution in [2.24, 2.45) is 0 Å². The van der Waals surface area contributed by atoms with Crippen molar-refractivity contribution in [1.82, 2.24) is 5.32 Å². The molecular weight excluding hydrogens is 240 g/mol. The average Bonchev–Trinajstić information content (AvgIpc) is 2.41. The summed E-state index contributed by atoms with van der Waals surface area (Å²) in [6.45, 7) is 0. The lowest BCUT2D eigenvalue weighted by molar-refractivity contribution is 0.0717. The molecule has 4 heteroatoms. The highest BCUT2D eigenvalue weighted by molar-refractivity contribution is 5.94. The number of amides is 1.